The van der Waals surface area contributed by atoms with Crippen molar-refractivity contribution < 1.29 is 9.53 Å². The third kappa shape index (κ3) is 4.71. The zero-order chi connectivity index (χ0) is 20.1. The van der Waals surface area contributed by atoms with Gasteiger partial charge in [-0.05, 0) is 54.4 Å². The number of aryl methyl sites for hydroxylation is 1. The number of nitrogens with zero attached hydrogens (tertiary/aromatic N) is 2. The molecule has 4 rings (SSSR count). The summed E-state index contributed by atoms with van der Waals surface area (Å²) in [5.41, 5.74) is 5.21. The maximum absolute atomic E-state index is 12.2. The highest BCUT2D eigenvalue weighted by molar-refractivity contribution is 5.92. The number of aromatic nitrogens is 2. The second-order valence-corrected chi connectivity index (χ2v) is 6.75. The molecule has 0 radical (unpaired) electrons. The molecule has 0 saturated carbocycles. The Morgan fingerprint density at radius 1 is 1.00 bits per heavy atom. The molecule has 0 spiro atoms. The quantitative estimate of drug-likeness (QED) is 0.517. The highest BCUT2D eigenvalue weighted by Gasteiger charge is 2.05. The molecule has 0 unspecified atom stereocenters. The van der Waals surface area contributed by atoms with Crippen molar-refractivity contribution in [2.45, 2.75) is 6.92 Å². The van der Waals surface area contributed by atoms with Crippen molar-refractivity contribution in [2.75, 3.05) is 11.9 Å². The molecule has 1 aromatic heterocycles. The SMILES string of the molecule is Cc1cccc(-c2ccc(NC(=O)COc3ccc(-n4ccnc4)cc3)cc2)c1. The van der Waals surface area contributed by atoms with Gasteiger partial charge in [0, 0.05) is 23.8 Å². The summed E-state index contributed by atoms with van der Waals surface area (Å²) in [6.45, 7) is 2.02. The molecule has 4 aromatic rings. The number of ether oxygens (including phenoxy) is 1. The first-order valence-electron chi connectivity index (χ1n) is 9.35. The van der Waals surface area contributed by atoms with E-state index in [1.165, 1.54) is 5.56 Å². The Labute approximate surface area is 169 Å². The minimum absolute atomic E-state index is 0.0515. The van der Waals surface area contributed by atoms with Crippen LogP contribution in [0, 0.1) is 6.92 Å². The van der Waals surface area contributed by atoms with Crippen molar-refractivity contribution in [1.29, 1.82) is 0 Å². The second-order valence-electron chi connectivity index (χ2n) is 6.75. The van der Waals surface area contributed by atoms with E-state index in [1.54, 1.807) is 12.5 Å². The molecule has 0 aliphatic rings. The normalized spacial score (nSPS) is 10.5. The van der Waals surface area contributed by atoms with Crippen LogP contribution in [0.5, 0.6) is 5.75 Å². The second kappa shape index (κ2) is 8.44. The van der Waals surface area contributed by atoms with Crippen LogP contribution in [0.1, 0.15) is 5.56 Å². The standard InChI is InChI=1S/C24H21N3O2/c1-18-3-2-4-20(15-18)19-5-7-21(8-6-19)26-24(28)16-29-23-11-9-22(10-12-23)27-14-13-25-17-27/h2-15,17H,16H2,1H3,(H,26,28). The van der Waals surface area contributed by atoms with E-state index in [0.29, 0.717) is 5.75 Å². The van der Waals surface area contributed by atoms with Crippen molar-refractivity contribution in [2.24, 2.45) is 0 Å². The van der Waals surface area contributed by atoms with Gasteiger partial charge >= 0.3 is 0 Å². The van der Waals surface area contributed by atoms with Crippen molar-refractivity contribution >= 4 is 11.6 Å². The molecule has 1 heterocycles. The largest absolute Gasteiger partial charge is 0.484 e. The third-order valence-electron chi connectivity index (χ3n) is 4.53. The smallest absolute Gasteiger partial charge is 0.262 e. The third-order valence-corrected chi connectivity index (χ3v) is 4.53. The summed E-state index contributed by atoms with van der Waals surface area (Å²) in [6.07, 6.45) is 5.32. The van der Waals surface area contributed by atoms with E-state index in [2.05, 4.69) is 35.4 Å². The van der Waals surface area contributed by atoms with Gasteiger partial charge in [0.1, 0.15) is 5.75 Å². The van der Waals surface area contributed by atoms with Gasteiger partial charge in [-0.3, -0.25) is 4.79 Å². The Morgan fingerprint density at radius 2 is 1.79 bits per heavy atom. The van der Waals surface area contributed by atoms with Gasteiger partial charge in [0.15, 0.2) is 6.61 Å². The fourth-order valence-electron chi connectivity index (χ4n) is 3.04. The number of hydrogen-bond acceptors (Lipinski definition) is 3. The number of hydrogen-bond donors (Lipinski definition) is 1. The van der Waals surface area contributed by atoms with Crippen molar-refractivity contribution in [3.8, 4) is 22.6 Å². The van der Waals surface area contributed by atoms with Gasteiger partial charge in [0.05, 0.1) is 6.33 Å². The van der Waals surface area contributed by atoms with Gasteiger partial charge in [0.2, 0.25) is 0 Å². The first kappa shape index (κ1) is 18.5. The van der Waals surface area contributed by atoms with Crippen LogP contribution >= 0.6 is 0 Å². The minimum Gasteiger partial charge on any atom is -0.484 e. The minimum atomic E-state index is -0.202. The molecular formula is C24H21N3O2. The monoisotopic (exact) mass is 383 g/mol. The van der Waals surface area contributed by atoms with Crippen LogP contribution in [-0.4, -0.2) is 22.1 Å². The Kier molecular flexibility index (Phi) is 5.38. The lowest BCUT2D eigenvalue weighted by molar-refractivity contribution is -0.118. The molecule has 5 nitrogen and oxygen atoms in total. The van der Waals surface area contributed by atoms with E-state index in [9.17, 15) is 4.79 Å². The number of anilines is 1. The summed E-state index contributed by atoms with van der Waals surface area (Å²) in [7, 11) is 0. The van der Waals surface area contributed by atoms with Crippen LogP contribution in [0.4, 0.5) is 5.69 Å². The zero-order valence-corrected chi connectivity index (χ0v) is 16.1. The molecule has 1 N–H and O–H groups in total. The van der Waals surface area contributed by atoms with Gasteiger partial charge in [0.25, 0.3) is 5.91 Å². The molecule has 3 aromatic carbocycles. The highest BCUT2D eigenvalue weighted by atomic mass is 16.5. The number of nitrogens with one attached hydrogen (secondary N) is 1. The first-order chi connectivity index (χ1) is 14.2. The van der Waals surface area contributed by atoms with E-state index in [0.717, 1.165) is 22.5 Å². The number of amides is 1. The predicted molar refractivity (Wildman–Crippen MR) is 114 cm³/mol. The molecule has 29 heavy (non-hydrogen) atoms. The summed E-state index contributed by atoms with van der Waals surface area (Å²) in [4.78, 5) is 16.2. The molecule has 0 aliphatic carbocycles. The molecule has 1 amide bonds. The molecule has 0 aliphatic heterocycles. The molecule has 0 saturated heterocycles. The summed E-state index contributed by atoms with van der Waals surface area (Å²) in [6, 6.07) is 23.6. The molecule has 144 valence electrons. The lowest BCUT2D eigenvalue weighted by Gasteiger charge is -2.09. The van der Waals surface area contributed by atoms with Crippen molar-refractivity contribution in [3.63, 3.8) is 0 Å². The van der Waals surface area contributed by atoms with Crippen LogP contribution in [0.2, 0.25) is 0 Å². The summed E-state index contributed by atoms with van der Waals surface area (Å²) in [5.74, 6) is 0.436. The Morgan fingerprint density at radius 3 is 2.48 bits per heavy atom. The fraction of sp³-hybridized carbons (Fsp3) is 0.0833. The Hall–Kier alpha value is -3.86. The molecule has 0 fully saturated rings. The van der Waals surface area contributed by atoms with Gasteiger partial charge in [-0.15, -0.1) is 0 Å². The van der Waals surface area contributed by atoms with Crippen LogP contribution in [0.15, 0.2) is 91.5 Å². The summed E-state index contributed by atoms with van der Waals surface area (Å²) >= 11 is 0. The summed E-state index contributed by atoms with van der Waals surface area (Å²) < 4.78 is 7.48. The Balaban J connectivity index is 1.31. The highest BCUT2D eigenvalue weighted by Crippen LogP contribution is 2.22. The number of carbonyl (C=O) groups is 1. The fourth-order valence-corrected chi connectivity index (χ4v) is 3.04. The number of benzene rings is 3. The van der Waals surface area contributed by atoms with E-state index in [4.69, 9.17) is 4.74 Å². The van der Waals surface area contributed by atoms with Crippen LogP contribution in [0.25, 0.3) is 16.8 Å². The molecule has 5 heteroatoms. The van der Waals surface area contributed by atoms with E-state index < -0.39 is 0 Å². The van der Waals surface area contributed by atoms with Crippen LogP contribution < -0.4 is 10.1 Å². The zero-order valence-electron chi connectivity index (χ0n) is 16.1. The molecular weight excluding hydrogens is 362 g/mol. The van der Waals surface area contributed by atoms with E-state index >= 15 is 0 Å². The van der Waals surface area contributed by atoms with Crippen molar-refractivity contribution in [3.05, 3.63) is 97.1 Å². The van der Waals surface area contributed by atoms with E-state index in [-0.39, 0.29) is 12.5 Å². The predicted octanol–water partition coefficient (Wildman–Crippen LogP) is 4.87. The van der Waals surface area contributed by atoms with Crippen molar-refractivity contribution in [1.82, 2.24) is 9.55 Å². The number of imidazole rings is 1. The molecule has 0 bridgehead atoms. The van der Waals surface area contributed by atoms with Gasteiger partial charge < -0.3 is 14.6 Å². The maximum Gasteiger partial charge on any atom is 0.262 e. The van der Waals surface area contributed by atoms with Gasteiger partial charge in [-0.2, -0.15) is 0 Å². The number of carbonyl (C=O) groups excluding carboxylic acids is 1. The average Bonchev–Trinajstić information content (AvgIpc) is 3.28. The first-order valence-corrected chi connectivity index (χ1v) is 9.35. The molecule has 0 atom stereocenters. The summed E-state index contributed by atoms with van der Waals surface area (Å²) in [5, 5.41) is 2.86. The van der Waals surface area contributed by atoms with Crippen LogP contribution in [0.3, 0.4) is 0 Å². The average molecular weight is 383 g/mol. The Bertz CT molecular complexity index is 1090. The van der Waals surface area contributed by atoms with Crippen LogP contribution in [-0.2, 0) is 4.79 Å². The van der Waals surface area contributed by atoms with Gasteiger partial charge in [-0.1, -0.05) is 42.0 Å². The maximum atomic E-state index is 12.2. The lowest BCUT2D eigenvalue weighted by atomic mass is 10.0. The van der Waals surface area contributed by atoms with E-state index in [1.807, 2.05) is 65.4 Å². The topological polar surface area (TPSA) is 56.1 Å². The lowest BCUT2D eigenvalue weighted by Crippen LogP contribution is -2.20. The number of rotatable bonds is 6. The van der Waals surface area contributed by atoms with Gasteiger partial charge in [-0.25, -0.2) is 4.98 Å².